The van der Waals surface area contributed by atoms with Crippen LogP contribution in [0.4, 0.5) is 0 Å². The fraction of sp³-hybridized carbons (Fsp3) is 0.625. The molecule has 4 nitrogen and oxygen atoms in total. The number of fused-ring (bicyclic) bond motifs is 1. The largest absolute Gasteiger partial charge is 0.372 e. The maximum absolute atomic E-state index is 5.48. The number of nitrogens with zero attached hydrogens (tertiary/aromatic N) is 2. The number of halogens is 2. The van der Waals surface area contributed by atoms with Crippen LogP contribution >= 0.6 is 24.8 Å². The molecule has 0 radical (unpaired) electrons. The van der Waals surface area contributed by atoms with Crippen LogP contribution in [0.2, 0.25) is 0 Å². The van der Waals surface area contributed by atoms with E-state index in [4.69, 9.17) is 10.5 Å². The molecule has 1 aliphatic rings. The van der Waals surface area contributed by atoms with E-state index in [2.05, 4.69) is 9.55 Å². The number of ether oxygens (including phenoxy) is 1. The first-order valence-corrected chi connectivity index (χ1v) is 4.23. The summed E-state index contributed by atoms with van der Waals surface area (Å²) in [6.07, 6.45) is 2.81. The number of hydrogen-bond donors (Lipinski definition) is 1. The topological polar surface area (TPSA) is 53.1 Å². The Morgan fingerprint density at radius 1 is 1.50 bits per heavy atom. The maximum atomic E-state index is 5.48. The first-order valence-electron chi connectivity index (χ1n) is 4.23. The minimum Gasteiger partial charge on any atom is -0.372 e. The van der Waals surface area contributed by atoms with E-state index >= 15 is 0 Å². The van der Waals surface area contributed by atoms with Gasteiger partial charge in [-0.1, -0.05) is 0 Å². The van der Waals surface area contributed by atoms with Crippen molar-refractivity contribution < 1.29 is 4.74 Å². The van der Waals surface area contributed by atoms with Gasteiger partial charge in [-0.15, -0.1) is 24.8 Å². The molecule has 6 heteroatoms. The summed E-state index contributed by atoms with van der Waals surface area (Å²) in [5.74, 6) is 1.03. The van der Waals surface area contributed by atoms with E-state index < -0.39 is 0 Å². The fourth-order valence-electron chi connectivity index (χ4n) is 1.51. The third kappa shape index (κ3) is 2.60. The summed E-state index contributed by atoms with van der Waals surface area (Å²) in [5.41, 5.74) is 6.71. The Morgan fingerprint density at radius 3 is 3.00 bits per heavy atom. The monoisotopic (exact) mass is 239 g/mol. The second-order valence-electron chi connectivity index (χ2n) is 2.91. The highest BCUT2D eigenvalue weighted by Gasteiger charge is 2.12. The third-order valence-corrected chi connectivity index (χ3v) is 2.11. The smallest absolute Gasteiger partial charge is 0.135 e. The van der Waals surface area contributed by atoms with E-state index in [0.29, 0.717) is 13.2 Å². The van der Waals surface area contributed by atoms with E-state index in [1.165, 1.54) is 5.69 Å². The molecule has 0 spiro atoms. The third-order valence-electron chi connectivity index (χ3n) is 2.11. The molecule has 82 valence electrons. The van der Waals surface area contributed by atoms with Crippen molar-refractivity contribution in [3.63, 3.8) is 0 Å². The van der Waals surface area contributed by atoms with E-state index in [-0.39, 0.29) is 24.8 Å². The van der Waals surface area contributed by atoms with Gasteiger partial charge in [0.05, 0.1) is 6.61 Å². The molecule has 0 atom stereocenters. The summed E-state index contributed by atoms with van der Waals surface area (Å²) < 4.78 is 7.48. The number of rotatable bonds is 2. The molecule has 0 aliphatic carbocycles. The molecule has 2 heterocycles. The molecule has 0 amide bonds. The molecule has 1 aromatic heterocycles. The van der Waals surface area contributed by atoms with Crippen LogP contribution in [-0.2, 0) is 24.3 Å². The second kappa shape index (κ2) is 6.24. The summed E-state index contributed by atoms with van der Waals surface area (Å²) in [6, 6.07) is 0. The summed E-state index contributed by atoms with van der Waals surface area (Å²) in [7, 11) is 0. The summed E-state index contributed by atoms with van der Waals surface area (Å²) in [6.45, 7) is 3.04. The van der Waals surface area contributed by atoms with Crippen LogP contribution in [0.25, 0.3) is 0 Å². The van der Waals surface area contributed by atoms with Crippen molar-refractivity contribution >= 4 is 24.8 Å². The Hall–Kier alpha value is -0.290. The lowest BCUT2D eigenvalue weighted by atomic mass is 10.3. The van der Waals surface area contributed by atoms with Crippen molar-refractivity contribution in [1.29, 1.82) is 0 Å². The van der Waals surface area contributed by atoms with Crippen molar-refractivity contribution in [2.45, 2.75) is 19.6 Å². The van der Waals surface area contributed by atoms with E-state index in [0.717, 1.165) is 25.4 Å². The first-order chi connectivity index (χ1) is 5.92. The molecule has 1 aliphatic heterocycles. The average molecular weight is 240 g/mol. The number of hydrogen-bond acceptors (Lipinski definition) is 3. The highest BCUT2D eigenvalue weighted by molar-refractivity contribution is 5.85. The van der Waals surface area contributed by atoms with Crippen LogP contribution in [0.5, 0.6) is 0 Å². The molecule has 2 N–H and O–H groups in total. The molecule has 0 saturated heterocycles. The van der Waals surface area contributed by atoms with Gasteiger partial charge in [-0.3, -0.25) is 0 Å². The summed E-state index contributed by atoms with van der Waals surface area (Å²) in [4.78, 5) is 4.26. The Morgan fingerprint density at radius 2 is 2.29 bits per heavy atom. The lowest BCUT2D eigenvalue weighted by Crippen LogP contribution is -2.19. The fourth-order valence-corrected chi connectivity index (χ4v) is 1.51. The van der Waals surface area contributed by atoms with Crippen LogP contribution in [0.15, 0.2) is 6.20 Å². The van der Waals surface area contributed by atoms with Crippen LogP contribution in [-0.4, -0.2) is 22.7 Å². The van der Waals surface area contributed by atoms with Gasteiger partial charge in [0.15, 0.2) is 0 Å². The highest BCUT2D eigenvalue weighted by Crippen LogP contribution is 2.11. The predicted octanol–water partition coefficient (Wildman–Crippen LogP) is 0.758. The van der Waals surface area contributed by atoms with Crippen LogP contribution < -0.4 is 5.73 Å². The Balaban J connectivity index is 0.000000845. The van der Waals surface area contributed by atoms with Gasteiger partial charge in [-0.2, -0.15) is 0 Å². The molecular formula is C8H15Cl2N3O. The minimum absolute atomic E-state index is 0. The van der Waals surface area contributed by atoms with Gasteiger partial charge in [0.1, 0.15) is 12.4 Å². The molecule has 14 heavy (non-hydrogen) atoms. The number of aromatic nitrogens is 2. The molecule has 0 unspecified atom stereocenters. The summed E-state index contributed by atoms with van der Waals surface area (Å²) in [5, 5.41) is 0. The van der Waals surface area contributed by atoms with Gasteiger partial charge in [0.25, 0.3) is 0 Å². The van der Waals surface area contributed by atoms with Crippen molar-refractivity contribution in [1.82, 2.24) is 9.55 Å². The SMILES string of the molecule is Cl.Cl.NCCc1cnc2n1CCOC2. The lowest BCUT2D eigenvalue weighted by molar-refractivity contribution is 0.0807. The van der Waals surface area contributed by atoms with Crippen molar-refractivity contribution in [2.75, 3.05) is 13.2 Å². The van der Waals surface area contributed by atoms with Crippen LogP contribution in [0.3, 0.4) is 0 Å². The van der Waals surface area contributed by atoms with Gasteiger partial charge in [-0.25, -0.2) is 4.98 Å². The van der Waals surface area contributed by atoms with Crippen molar-refractivity contribution in [2.24, 2.45) is 5.73 Å². The van der Waals surface area contributed by atoms with Crippen molar-refractivity contribution in [3.05, 3.63) is 17.7 Å². The zero-order valence-corrected chi connectivity index (χ0v) is 9.44. The van der Waals surface area contributed by atoms with Crippen molar-refractivity contribution in [3.8, 4) is 0 Å². The van der Waals surface area contributed by atoms with E-state index in [1.54, 1.807) is 0 Å². The highest BCUT2D eigenvalue weighted by atomic mass is 35.5. The molecular weight excluding hydrogens is 225 g/mol. The average Bonchev–Trinajstić information content (AvgIpc) is 2.50. The molecule has 0 fully saturated rings. The Kier molecular flexibility index (Phi) is 6.11. The lowest BCUT2D eigenvalue weighted by Gasteiger charge is -2.16. The van der Waals surface area contributed by atoms with E-state index in [9.17, 15) is 0 Å². The number of nitrogens with two attached hydrogens (primary N) is 1. The van der Waals surface area contributed by atoms with Gasteiger partial charge < -0.3 is 15.0 Å². The molecule has 0 saturated carbocycles. The predicted molar refractivity (Wildman–Crippen MR) is 59.1 cm³/mol. The van der Waals surface area contributed by atoms with Gasteiger partial charge >= 0.3 is 0 Å². The molecule has 0 aromatic carbocycles. The van der Waals surface area contributed by atoms with Gasteiger partial charge in [0, 0.05) is 24.9 Å². The minimum atomic E-state index is 0. The molecule has 1 aromatic rings. The first kappa shape index (κ1) is 13.7. The maximum Gasteiger partial charge on any atom is 0.135 e. The number of imidazole rings is 1. The zero-order chi connectivity index (χ0) is 8.39. The normalized spacial score (nSPS) is 13.8. The van der Waals surface area contributed by atoms with E-state index in [1.807, 2.05) is 6.20 Å². The van der Waals surface area contributed by atoms with Gasteiger partial charge in [0.2, 0.25) is 0 Å². The molecule has 0 bridgehead atoms. The van der Waals surface area contributed by atoms with Crippen LogP contribution in [0.1, 0.15) is 11.5 Å². The summed E-state index contributed by atoms with van der Waals surface area (Å²) >= 11 is 0. The zero-order valence-electron chi connectivity index (χ0n) is 7.81. The quantitative estimate of drug-likeness (QED) is 0.830. The molecule has 2 rings (SSSR count). The second-order valence-corrected chi connectivity index (χ2v) is 2.91. The Bertz CT molecular complexity index is 278. The van der Waals surface area contributed by atoms with Crippen LogP contribution in [0, 0.1) is 0 Å². The van der Waals surface area contributed by atoms with Gasteiger partial charge in [-0.05, 0) is 6.54 Å². The Labute approximate surface area is 95.6 Å². The standard InChI is InChI=1S/C8H13N3O.2ClH/c9-2-1-7-5-10-8-6-12-4-3-11(7)8;;/h5H,1-4,6,9H2;2*1H.